The van der Waals surface area contributed by atoms with Crippen LogP contribution in [-0.4, -0.2) is 46.5 Å². The molecule has 0 saturated heterocycles. The van der Waals surface area contributed by atoms with Crippen molar-refractivity contribution in [1.82, 2.24) is 10.2 Å². The number of nitrogens with one attached hydrogen (secondary N) is 2. The van der Waals surface area contributed by atoms with E-state index in [0.717, 1.165) is 23.4 Å². The van der Waals surface area contributed by atoms with Crippen molar-refractivity contribution in [1.29, 1.82) is 0 Å². The zero-order valence-electron chi connectivity index (χ0n) is 17.6. The van der Waals surface area contributed by atoms with Crippen molar-refractivity contribution in [3.05, 3.63) is 59.6 Å². The number of amidine groups is 2. The normalized spacial score (nSPS) is 16.9. The predicted molar refractivity (Wildman–Crippen MR) is 121 cm³/mol. The lowest BCUT2D eigenvalue weighted by atomic mass is 10.1. The number of phenols is 1. The van der Waals surface area contributed by atoms with Gasteiger partial charge in [0.2, 0.25) is 0 Å². The SMILES string of the molecule is C=C(C)[C@@H](NC1=NS(=O)N=C1Nc1cccc(CCN(C)C)c1O)c1ccc(C)o1. The largest absolute Gasteiger partial charge is 0.505 e. The standard InChI is InChI=1S/C21H27N5O3S/c1-13(2)18(17-10-9-14(3)29-17)23-21-20(24-30(28)25-21)22-16-8-6-7-15(19(16)27)11-12-26(4)5/h6-10,18,27H,1,11-12H2,2-5H3,(H,22,24)(H,23,25)/t18-,30?/m1/s1. The molecule has 2 aromatic rings. The third-order valence-electron chi connectivity index (χ3n) is 4.58. The van der Waals surface area contributed by atoms with Gasteiger partial charge in [-0.2, -0.15) is 0 Å². The maximum Gasteiger partial charge on any atom is 0.269 e. The molecule has 0 bridgehead atoms. The summed E-state index contributed by atoms with van der Waals surface area (Å²) >= 11 is -1.76. The lowest BCUT2D eigenvalue weighted by Crippen LogP contribution is -2.36. The van der Waals surface area contributed by atoms with Gasteiger partial charge in [0, 0.05) is 6.54 Å². The van der Waals surface area contributed by atoms with Gasteiger partial charge in [-0.05, 0) is 58.1 Å². The summed E-state index contributed by atoms with van der Waals surface area (Å²) in [7, 11) is 3.96. The molecule has 0 amide bonds. The van der Waals surface area contributed by atoms with Crippen LogP contribution in [0.5, 0.6) is 5.75 Å². The first-order valence-corrected chi connectivity index (χ1v) is 10.6. The fourth-order valence-corrected chi connectivity index (χ4v) is 3.61. The quantitative estimate of drug-likeness (QED) is 0.462. The van der Waals surface area contributed by atoms with Crippen molar-refractivity contribution in [2.24, 2.45) is 8.80 Å². The Morgan fingerprint density at radius 2 is 2.00 bits per heavy atom. The first kappa shape index (κ1) is 21.8. The highest BCUT2D eigenvalue weighted by Crippen LogP contribution is 2.29. The lowest BCUT2D eigenvalue weighted by molar-refractivity contribution is 0.406. The van der Waals surface area contributed by atoms with E-state index >= 15 is 0 Å². The molecule has 0 aliphatic carbocycles. The first-order chi connectivity index (χ1) is 14.2. The second-order valence-electron chi connectivity index (χ2n) is 7.47. The van der Waals surface area contributed by atoms with E-state index < -0.39 is 11.2 Å². The minimum absolute atomic E-state index is 0.136. The predicted octanol–water partition coefficient (Wildman–Crippen LogP) is 3.11. The summed E-state index contributed by atoms with van der Waals surface area (Å²) in [6.45, 7) is 8.55. The van der Waals surface area contributed by atoms with E-state index in [4.69, 9.17) is 4.42 Å². The van der Waals surface area contributed by atoms with Crippen LogP contribution in [0.3, 0.4) is 0 Å². The molecule has 1 aromatic heterocycles. The number of likely N-dealkylation sites (N-methyl/N-ethyl adjacent to an activating group) is 1. The van der Waals surface area contributed by atoms with Gasteiger partial charge in [0.1, 0.15) is 23.3 Å². The van der Waals surface area contributed by atoms with Gasteiger partial charge < -0.3 is 25.1 Å². The molecule has 0 saturated carbocycles. The summed E-state index contributed by atoms with van der Waals surface area (Å²) in [5.41, 5.74) is 2.09. The zero-order chi connectivity index (χ0) is 21.8. The van der Waals surface area contributed by atoms with Crippen LogP contribution in [0.2, 0.25) is 0 Å². The van der Waals surface area contributed by atoms with Crippen LogP contribution in [0.15, 0.2) is 55.7 Å². The third kappa shape index (κ3) is 5.17. The summed E-state index contributed by atoms with van der Waals surface area (Å²) < 4.78 is 25.9. The molecule has 0 fully saturated rings. The third-order valence-corrected chi connectivity index (χ3v) is 5.26. The van der Waals surface area contributed by atoms with Crippen molar-refractivity contribution in [3.8, 4) is 5.75 Å². The highest BCUT2D eigenvalue weighted by Gasteiger charge is 2.26. The Morgan fingerprint density at radius 3 is 2.63 bits per heavy atom. The Bertz CT molecular complexity index is 1030. The summed E-state index contributed by atoms with van der Waals surface area (Å²) in [4.78, 5) is 2.05. The van der Waals surface area contributed by atoms with Crippen molar-refractivity contribution in [2.45, 2.75) is 26.3 Å². The van der Waals surface area contributed by atoms with Gasteiger partial charge >= 0.3 is 0 Å². The van der Waals surface area contributed by atoms with E-state index in [1.165, 1.54) is 0 Å². The van der Waals surface area contributed by atoms with Gasteiger partial charge in [0.25, 0.3) is 11.2 Å². The molecule has 160 valence electrons. The fourth-order valence-electron chi connectivity index (χ4n) is 2.99. The lowest BCUT2D eigenvalue weighted by Gasteiger charge is -2.19. The van der Waals surface area contributed by atoms with Crippen molar-refractivity contribution < 1.29 is 13.7 Å². The number of hydrogen-bond donors (Lipinski definition) is 3. The average Bonchev–Trinajstić information content (AvgIpc) is 3.25. The van der Waals surface area contributed by atoms with E-state index in [9.17, 15) is 9.32 Å². The molecule has 3 rings (SSSR count). The van der Waals surface area contributed by atoms with E-state index in [2.05, 4.69) is 26.0 Å². The molecular formula is C21H27N5O3S. The highest BCUT2D eigenvalue weighted by atomic mass is 32.2. The molecule has 9 heteroatoms. The molecule has 30 heavy (non-hydrogen) atoms. The highest BCUT2D eigenvalue weighted by molar-refractivity contribution is 7.83. The smallest absolute Gasteiger partial charge is 0.269 e. The minimum atomic E-state index is -1.76. The zero-order valence-corrected chi connectivity index (χ0v) is 18.4. The van der Waals surface area contributed by atoms with E-state index in [1.807, 2.05) is 57.1 Å². The average molecular weight is 430 g/mol. The molecule has 3 N–H and O–H groups in total. The number of phenolic OH excluding ortho intramolecular Hbond substituents is 1. The summed E-state index contributed by atoms with van der Waals surface area (Å²) in [5, 5.41) is 16.9. The molecule has 2 atom stereocenters. The van der Waals surface area contributed by atoms with E-state index in [1.54, 1.807) is 6.07 Å². The number of rotatable bonds is 7. The molecule has 8 nitrogen and oxygen atoms in total. The fraction of sp³-hybridized carbons (Fsp3) is 0.333. The second-order valence-corrected chi connectivity index (χ2v) is 8.30. The number of nitrogens with zero attached hydrogens (tertiary/aromatic N) is 3. The molecule has 0 radical (unpaired) electrons. The van der Waals surface area contributed by atoms with Crippen LogP contribution in [-0.2, 0) is 17.6 Å². The number of benzene rings is 1. The van der Waals surface area contributed by atoms with Crippen molar-refractivity contribution in [2.75, 3.05) is 26.0 Å². The van der Waals surface area contributed by atoms with E-state index in [0.29, 0.717) is 23.7 Å². The Hall–Kier alpha value is -2.91. The maximum atomic E-state index is 12.0. The summed E-state index contributed by atoms with van der Waals surface area (Å²) in [6.07, 6.45) is 0.696. The van der Waals surface area contributed by atoms with Crippen LogP contribution in [0.1, 0.15) is 30.0 Å². The van der Waals surface area contributed by atoms with Crippen LogP contribution in [0, 0.1) is 6.92 Å². The number of anilines is 1. The molecule has 2 heterocycles. The molecular weight excluding hydrogens is 402 g/mol. The number of hydrogen-bond acceptors (Lipinski definition) is 6. The number of aryl methyl sites for hydroxylation is 1. The number of aromatic hydroxyl groups is 1. The van der Waals surface area contributed by atoms with Crippen molar-refractivity contribution in [3.63, 3.8) is 0 Å². The molecule has 1 unspecified atom stereocenters. The first-order valence-electron chi connectivity index (χ1n) is 9.55. The van der Waals surface area contributed by atoms with E-state index in [-0.39, 0.29) is 17.6 Å². The number of para-hydroxylation sites is 1. The topological polar surface area (TPSA) is 102 Å². The molecule has 0 spiro atoms. The monoisotopic (exact) mass is 429 g/mol. The summed E-state index contributed by atoms with van der Waals surface area (Å²) in [5.74, 6) is 2.18. The van der Waals surface area contributed by atoms with Crippen LogP contribution < -0.4 is 10.6 Å². The molecule has 1 aliphatic heterocycles. The van der Waals surface area contributed by atoms with Gasteiger partial charge in [-0.3, -0.25) is 0 Å². The second kappa shape index (κ2) is 9.27. The van der Waals surface area contributed by atoms with Gasteiger partial charge in [-0.1, -0.05) is 24.3 Å². The van der Waals surface area contributed by atoms with Crippen molar-refractivity contribution >= 4 is 28.5 Å². The Kier molecular flexibility index (Phi) is 6.73. The number of furan rings is 1. The molecule has 1 aliphatic rings. The maximum absolute atomic E-state index is 12.0. The Morgan fingerprint density at radius 1 is 1.27 bits per heavy atom. The van der Waals surface area contributed by atoms with Crippen LogP contribution in [0.25, 0.3) is 0 Å². The van der Waals surface area contributed by atoms with Gasteiger partial charge in [-0.25, -0.2) is 4.21 Å². The molecule has 1 aromatic carbocycles. The van der Waals surface area contributed by atoms with Gasteiger partial charge in [-0.15, -0.1) is 8.80 Å². The van der Waals surface area contributed by atoms with Crippen LogP contribution >= 0.6 is 0 Å². The summed E-state index contributed by atoms with van der Waals surface area (Å²) in [6, 6.07) is 8.83. The van der Waals surface area contributed by atoms with Gasteiger partial charge in [0.15, 0.2) is 11.7 Å². The Balaban J connectivity index is 1.80. The van der Waals surface area contributed by atoms with Gasteiger partial charge in [0.05, 0.1) is 5.69 Å². The van der Waals surface area contributed by atoms with Crippen LogP contribution in [0.4, 0.5) is 5.69 Å². The Labute approximate surface area is 179 Å². The minimum Gasteiger partial charge on any atom is -0.505 e.